The first-order valence-corrected chi connectivity index (χ1v) is 16.4. The molecular weight excluding hydrogens is 558 g/mol. The molecule has 0 aliphatic carbocycles. The van der Waals surface area contributed by atoms with Gasteiger partial charge in [-0.15, -0.1) is 6.82 Å². The minimum absolute atomic E-state index is 0.653. The zero-order chi connectivity index (χ0) is 40.0. The Kier molecular flexibility index (Phi) is 34.5. The second kappa shape index (κ2) is 30.8. The fourth-order valence-corrected chi connectivity index (χ4v) is 7.05. The fourth-order valence-electron chi connectivity index (χ4n) is 7.05. The third-order valence-corrected chi connectivity index (χ3v) is 8.99. The molecule has 1 aromatic rings. The van der Waals surface area contributed by atoms with Crippen LogP contribution in [0.3, 0.4) is 0 Å². The van der Waals surface area contributed by atoms with Crippen molar-refractivity contribution in [1.29, 1.82) is 0 Å². The minimum atomic E-state index is -1.08. The van der Waals surface area contributed by atoms with Crippen LogP contribution in [-0.2, 0) is 0 Å². The maximum absolute atomic E-state index is 6.56. The molecule has 0 saturated carbocycles. The van der Waals surface area contributed by atoms with Gasteiger partial charge >= 0.3 is 0 Å². The van der Waals surface area contributed by atoms with Crippen LogP contribution in [0.5, 0.6) is 0 Å². The third kappa shape index (κ3) is 18.5. The minimum Gasteiger partial charge on any atom is -0.333 e. The van der Waals surface area contributed by atoms with Crippen molar-refractivity contribution in [3.8, 4) is 0 Å². The van der Waals surface area contributed by atoms with E-state index >= 15 is 0 Å². The third-order valence-electron chi connectivity index (χ3n) is 8.99. The highest BCUT2D eigenvalue weighted by Crippen LogP contribution is 2.17. The predicted molar refractivity (Wildman–Crippen MR) is 277 cm³/mol. The van der Waals surface area contributed by atoms with E-state index in [-0.39, 0.29) is 0 Å². The molecule has 0 heterocycles. The van der Waals surface area contributed by atoms with Crippen molar-refractivity contribution in [3.63, 3.8) is 0 Å². The molecule has 0 atom stereocenters. The first-order chi connectivity index (χ1) is 23.3. The van der Waals surface area contributed by atoms with Gasteiger partial charge in [-0.3, -0.25) is 0 Å². The molecule has 0 fully saturated rings. The van der Waals surface area contributed by atoms with Gasteiger partial charge in [0.1, 0.15) is 0 Å². The number of nitrogens with two attached hydrogens (primary N) is 2. The van der Waals surface area contributed by atoms with Crippen LogP contribution >= 0.6 is 0 Å². The van der Waals surface area contributed by atoms with Crippen molar-refractivity contribution in [1.82, 2.24) is 0 Å². The van der Waals surface area contributed by atoms with Gasteiger partial charge in [0.25, 0.3) is 0 Å². The lowest BCUT2D eigenvalue weighted by Crippen LogP contribution is -2.89. The lowest BCUT2D eigenvalue weighted by Gasteiger charge is -2.51. The highest BCUT2D eigenvalue weighted by molar-refractivity contribution is 8.27. The van der Waals surface area contributed by atoms with Gasteiger partial charge in [0, 0.05) is 276 Å². The van der Waals surface area contributed by atoms with E-state index in [4.69, 9.17) is 147 Å². The Morgan fingerprint density at radius 1 is 0.340 bits per heavy atom. The van der Waals surface area contributed by atoms with Crippen LogP contribution in [0, 0.1) is 0 Å². The Morgan fingerprint density at radius 3 is 0.780 bits per heavy atom. The quantitative estimate of drug-likeness (QED) is 0.161. The van der Waals surface area contributed by atoms with E-state index in [0.29, 0.717) is 0 Å². The van der Waals surface area contributed by atoms with Gasteiger partial charge in [-0.25, -0.2) is 0 Å². The molecule has 50 heavy (non-hydrogen) atoms. The van der Waals surface area contributed by atoms with Crippen molar-refractivity contribution in [3.05, 3.63) is 36.4 Å². The van der Waals surface area contributed by atoms with E-state index in [1.165, 1.54) is 28.2 Å². The molecular formula is C9H19B39N2. The fraction of sp³-hybridized carbons (Fsp3) is 0.333. The summed E-state index contributed by atoms with van der Waals surface area (Å²) in [5, 5.41) is 0. The van der Waals surface area contributed by atoms with Crippen LogP contribution in [0.2, 0.25) is 6.82 Å². The van der Waals surface area contributed by atoms with Crippen molar-refractivity contribution in [2.45, 2.75) is 6.82 Å². The van der Waals surface area contributed by atoms with Crippen molar-refractivity contribution < 1.29 is 0 Å². The van der Waals surface area contributed by atoms with E-state index in [2.05, 4.69) is 11.5 Å². The normalized spacial score (nSPS) is 8.82. The van der Waals surface area contributed by atoms with Crippen LogP contribution in [0.15, 0.2) is 36.4 Å². The number of benzene rings is 1. The molecule has 0 bridgehead atoms. The maximum atomic E-state index is 6.56. The maximum Gasteiger partial charge on any atom is 0.0413 e. The summed E-state index contributed by atoms with van der Waals surface area (Å²) in [5.74, 6) is 0. The monoisotopic (exact) mass is 585 g/mol. The molecule has 0 aromatic heterocycles. The van der Waals surface area contributed by atoms with Crippen molar-refractivity contribution in [2.75, 3.05) is 14.1 Å². The second-order valence-electron chi connectivity index (χ2n) is 12.2. The zero-order valence-corrected chi connectivity index (χ0v) is 30.1. The van der Waals surface area contributed by atoms with Crippen LogP contribution in [0.25, 0.3) is 0 Å². The Balaban J connectivity index is -0.00000192. The summed E-state index contributed by atoms with van der Waals surface area (Å²) < 4.78 is 0. The average Bonchev–Trinajstić information content (AvgIpc) is 3.04. The van der Waals surface area contributed by atoms with E-state index in [1.54, 1.807) is 0 Å². The predicted octanol–water partition coefficient (Wildman–Crippen LogP) is -13.4. The van der Waals surface area contributed by atoms with Crippen LogP contribution in [0.4, 0.5) is 0 Å². The van der Waals surface area contributed by atoms with Gasteiger partial charge in [-0.2, -0.15) is 0 Å². The summed E-state index contributed by atoms with van der Waals surface area (Å²) >= 11 is 0. The summed E-state index contributed by atoms with van der Waals surface area (Å²) in [6.45, 7) is 1.16. The first-order valence-electron chi connectivity index (χ1n) is 16.4. The van der Waals surface area contributed by atoms with Gasteiger partial charge in [0.2, 0.25) is 0 Å². The Hall–Kier alpha value is 1.67. The van der Waals surface area contributed by atoms with Crippen molar-refractivity contribution >= 4 is 276 Å². The van der Waals surface area contributed by atoms with E-state index < -0.39 is 115 Å². The highest BCUT2D eigenvalue weighted by atomic mass is 14.4. The summed E-state index contributed by atoms with van der Waals surface area (Å²) in [6, 6.07) is 12.0. The van der Waals surface area contributed by atoms with Crippen LogP contribution in [0.1, 0.15) is 0 Å². The Bertz CT molecular complexity index is 837. The molecule has 0 aliphatic rings. The van der Waals surface area contributed by atoms with Gasteiger partial charge in [-0.05, 0) is 14.1 Å². The molecule has 182 valence electrons. The molecule has 0 saturated heterocycles. The largest absolute Gasteiger partial charge is 0.333 e. The van der Waals surface area contributed by atoms with Gasteiger partial charge < -0.3 is 11.5 Å². The highest BCUT2D eigenvalue weighted by Gasteiger charge is 2.54. The first kappa shape index (κ1) is 56.0. The number of hydrogen-bond donors (Lipinski definition) is 2. The zero-order valence-electron chi connectivity index (χ0n) is 30.1. The Labute approximate surface area is 342 Å². The molecule has 4 N–H and O–H groups in total. The van der Waals surface area contributed by atoms with E-state index in [0.717, 1.165) is 0 Å². The summed E-state index contributed by atoms with van der Waals surface area (Å²) in [4.78, 5) is 0. The number of rotatable bonds is 19. The molecule has 1 aromatic carbocycles. The SMILES string of the molecule is CN.CN.[B][B]B([B])B(B(B([B])[B])B([B])[B])B(B(C)B(B(B([B])[B])B([B])[B])B(B([B])[B])B([B][B])B([B])[B])B(B([B])[B])B([B])[B].c1ccccc1. The second-order valence-corrected chi connectivity index (χ2v) is 12.2. The molecule has 41 heteroatoms. The smallest absolute Gasteiger partial charge is 0.0413 e. The van der Waals surface area contributed by atoms with Gasteiger partial charge in [0.15, 0.2) is 0 Å². The molecule has 1 rings (SSSR count). The standard InChI is InChI=1S/C6H6.CH3B39.2CH5N/c1-2-4-6-5-3-1;1-23(34(36(25(6)7)26(8)9)39(31(18)19)33(22-3)24(4)5)35(37(27(10)11)28(12)13)40(32(20)21-2)38(29(14)15)30(16)17;2*1-2/h1-6H;1H3;2*2H2,1H3. The summed E-state index contributed by atoms with van der Waals surface area (Å²) in [6.07, 6.45) is -15.9. The topological polar surface area (TPSA) is 52.0 Å². The van der Waals surface area contributed by atoms with Crippen LogP contribution in [-0.4, -0.2) is 290 Å². The Morgan fingerprint density at radius 2 is 0.580 bits per heavy atom. The molecule has 0 spiro atoms. The van der Waals surface area contributed by atoms with Crippen molar-refractivity contribution in [2.24, 2.45) is 11.5 Å². The molecule has 0 unspecified atom stereocenters. The van der Waals surface area contributed by atoms with E-state index in [1.807, 2.05) is 43.2 Å². The van der Waals surface area contributed by atoms with E-state index in [9.17, 15) is 0 Å². The van der Waals surface area contributed by atoms with Gasteiger partial charge in [0.05, 0.1) is 0 Å². The summed E-state index contributed by atoms with van der Waals surface area (Å²) in [5.41, 5.74) is 9.00. The van der Waals surface area contributed by atoms with Crippen LogP contribution < -0.4 is 11.5 Å². The lowest BCUT2D eigenvalue weighted by molar-refractivity contribution is 1.48. The molecule has 0 amide bonds. The summed E-state index contributed by atoms with van der Waals surface area (Å²) in [7, 11) is 124. The lowest BCUT2D eigenvalue weighted by atomic mass is 8.31. The molecule has 2 nitrogen and oxygen atoms in total. The molecule has 40 radical (unpaired) electrons. The number of hydrogen-bond acceptors (Lipinski definition) is 2. The average molecular weight is 577 g/mol. The van der Waals surface area contributed by atoms with Gasteiger partial charge in [-0.1, -0.05) is 36.4 Å². The molecule has 0 aliphatic heterocycles.